The van der Waals surface area contributed by atoms with E-state index in [9.17, 15) is 0 Å². The summed E-state index contributed by atoms with van der Waals surface area (Å²) in [4.78, 5) is 0. The molecule has 1 atom stereocenters. The van der Waals surface area contributed by atoms with Gasteiger partial charge in [0.05, 0.1) is 0 Å². The molecule has 0 saturated heterocycles. The van der Waals surface area contributed by atoms with Gasteiger partial charge in [-0.25, -0.2) is 0 Å². The maximum Gasteiger partial charge on any atom is 0.00103 e. The molecule has 0 fully saturated rings. The Hall–Kier alpha value is -0.820. The molecule has 0 radical (unpaired) electrons. The van der Waals surface area contributed by atoms with Crippen molar-refractivity contribution >= 4 is 0 Å². The number of rotatable bonds is 7. The van der Waals surface area contributed by atoms with Crippen LogP contribution >= 0.6 is 0 Å². The summed E-state index contributed by atoms with van der Waals surface area (Å²) in [7, 11) is 0. The number of benzene rings is 1. The molecule has 102 valence electrons. The lowest BCUT2D eigenvalue weighted by molar-refractivity contribution is 0.476. The Morgan fingerprint density at radius 2 is 1.56 bits per heavy atom. The fraction of sp³-hybridized carbons (Fsp3) is 0.647. The summed E-state index contributed by atoms with van der Waals surface area (Å²) in [5.41, 5.74) is 2.91. The summed E-state index contributed by atoms with van der Waals surface area (Å²) in [6.45, 7) is 12.4. The van der Waals surface area contributed by atoms with Gasteiger partial charge in [-0.3, -0.25) is 0 Å². The quantitative estimate of drug-likeness (QED) is 0.754. The van der Waals surface area contributed by atoms with Gasteiger partial charge in [-0.1, -0.05) is 58.9 Å². The van der Waals surface area contributed by atoms with Crippen molar-refractivity contribution < 1.29 is 0 Å². The van der Waals surface area contributed by atoms with E-state index in [1.54, 1.807) is 0 Å². The minimum atomic E-state index is 0.600. The van der Waals surface area contributed by atoms with Gasteiger partial charge in [0, 0.05) is 6.04 Å². The fourth-order valence-electron chi connectivity index (χ4n) is 2.16. The van der Waals surface area contributed by atoms with E-state index in [0.29, 0.717) is 12.0 Å². The van der Waals surface area contributed by atoms with Crippen LogP contribution in [0.5, 0.6) is 0 Å². The van der Waals surface area contributed by atoms with Gasteiger partial charge in [-0.2, -0.15) is 0 Å². The van der Waals surface area contributed by atoms with Crippen molar-refractivity contribution in [3.05, 3.63) is 35.4 Å². The molecule has 0 aliphatic rings. The second-order valence-electron chi connectivity index (χ2n) is 6.10. The third kappa shape index (κ3) is 5.68. The van der Waals surface area contributed by atoms with Gasteiger partial charge in [0.1, 0.15) is 0 Å². The van der Waals surface area contributed by atoms with Crippen molar-refractivity contribution in [1.29, 1.82) is 0 Å². The molecule has 1 aromatic carbocycles. The third-order valence-electron chi connectivity index (χ3n) is 3.42. The zero-order valence-corrected chi connectivity index (χ0v) is 12.7. The highest BCUT2D eigenvalue weighted by Crippen LogP contribution is 2.17. The van der Waals surface area contributed by atoms with E-state index in [2.05, 4.69) is 64.2 Å². The topological polar surface area (TPSA) is 12.0 Å². The maximum absolute atomic E-state index is 3.49. The predicted molar refractivity (Wildman–Crippen MR) is 81.2 cm³/mol. The van der Waals surface area contributed by atoms with Crippen LogP contribution in [0.1, 0.15) is 58.1 Å². The van der Waals surface area contributed by atoms with E-state index in [4.69, 9.17) is 0 Å². The number of hydrogen-bond donors (Lipinski definition) is 1. The highest BCUT2D eigenvalue weighted by molar-refractivity contribution is 5.24. The SMILES string of the molecule is CC(CCNC(C)C)Cc1ccc(C(C)C)cc1. The van der Waals surface area contributed by atoms with Crippen LogP contribution in [0.15, 0.2) is 24.3 Å². The van der Waals surface area contributed by atoms with Crippen LogP contribution in [0.4, 0.5) is 0 Å². The van der Waals surface area contributed by atoms with Gasteiger partial charge in [-0.15, -0.1) is 0 Å². The summed E-state index contributed by atoms with van der Waals surface area (Å²) in [6, 6.07) is 9.74. The van der Waals surface area contributed by atoms with Gasteiger partial charge in [-0.05, 0) is 42.3 Å². The maximum atomic E-state index is 3.49. The van der Waals surface area contributed by atoms with Crippen LogP contribution in [0.2, 0.25) is 0 Å². The molecule has 1 unspecified atom stereocenters. The Morgan fingerprint density at radius 3 is 2.06 bits per heavy atom. The zero-order valence-electron chi connectivity index (χ0n) is 12.7. The van der Waals surface area contributed by atoms with Crippen LogP contribution in [-0.4, -0.2) is 12.6 Å². The van der Waals surface area contributed by atoms with E-state index in [0.717, 1.165) is 12.5 Å². The molecule has 1 N–H and O–H groups in total. The predicted octanol–water partition coefficient (Wildman–Crippen LogP) is 4.38. The summed E-state index contributed by atoms with van der Waals surface area (Å²) in [5.74, 6) is 1.38. The van der Waals surface area contributed by atoms with E-state index in [-0.39, 0.29) is 0 Å². The molecule has 0 saturated carbocycles. The third-order valence-corrected chi connectivity index (χ3v) is 3.42. The van der Waals surface area contributed by atoms with Gasteiger partial charge >= 0.3 is 0 Å². The van der Waals surface area contributed by atoms with E-state index < -0.39 is 0 Å². The highest BCUT2D eigenvalue weighted by Gasteiger charge is 2.05. The van der Waals surface area contributed by atoms with Crippen LogP contribution in [0.25, 0.3) is 0 Å². The Kier molecular flexibility index (Phi) is 6.42. The first-order valence-electron chi connectivity index (χ1n) is 7.31. The normalized spacial score (nSPS) is 13.3. The molecule has 0 aliphatic carbocycles. The van der Waals surface area contributed by atoms with Gasteiger partial charge in [0.15, 0.2) is 0 Å². The van der Waals surface area contributed by atoms with E-state index in [1.165, 1.54) is 24.0 Å². The minimum absolute atomic E-state index is 0.600. The molecule has 0 amide bonds. The van der Waals surface area contributed by atoms with Crippen molar-refractivity contribution in [1.82, 2.24) is 5.32 Å². The molecule has 1 heteroatoms. The molecule has 1 rings (SSSR count). The van der Waals surface area contributed by atoms with Crippen molar-refractivity contribution in [2.45, 2.75) is 59.4 Å². The molecule has 0 heterocycles. The minimum Gasteiger partial charge on any atom is -0.315 e. The van der Waals surface area contributed by atoms with E-state index in [1.807, 2.05) is 0 Å². The molecule has 1 aromatic rings. The Bertz CT molecular complexity index is 324. The van der Waals surface area contributed by atoms with Gasteiger partial charge in [0.25, 0.3) is 0 Å². The summed E-state index contributed by atoms with van der Waals surface area (Å²) in [5, 5.41) is 3.49. The average Bonchev–Trinajstić information content (AvgIpc) is 2.29. The van der Waals surface area contributed by atoms with Crippen LogP contribution in [0.3, 0.4) is 0 Å². The second-order valence-corrected chi connectivity index (χ2v) is 6.10. The molecule has 1 nitrogen and oxygen atoms in total. The van der Waals surface area contributed by atoms with Gasteiger partial charge < -0.3 is 5.32 Å². The number of nitrogens with one attached hydrogen (secondary N) is 1. The second kappa shape index (κ2) is 7.58. The number of hydrogen-bond acceptors (Lipinski definition) is 1. The van der Waals surface area contributed by atoms with Crippen LogP contribution < -0.4 is 5.32 Å². The Labute approximate surface area is 113 Å². The molecular weight excluding hydrogens is 218 g/mol. The smallest absolute Gasteiger partial charge is 0.00103 e. The largest absolute Gasteiger partial charge is 0.315 e. The van der Waals surface area contributed by atoms with Gasteiger partial charge in [0.2, 0.25) is 0 Å². The molecule has 0 aromatic heterocycles. The van der Waals surface area contributed by atoms with Crippen molar-refractivity contribution in [2.24, 2.45) is 5.92 Å². The summed E-state index contributed by atoms with van der Waals surface area (Å²) in [6.07, 6.45) is 2.45. The van der Waals surface area contributed by atoms with Crippen LogP contribution in [-0.2, 0) is 6.42 Å². The highest BCUT2D eigenvalue weighted by atomic mass is 14.9. The molecular formula is C17H29N. The lowest BCUT2D eigenvalue weighted by atomic mass is 9.95. The fourth-order valence-corrected chi connectivity index (χ4v) is 2.16. The lowest BCUT2D eigenvalue weighted by Gasteiger charge is -2.14. The average molecular weight is 247 g/mol. The van der Waals surface area contributed by atoms with E-state index >= 15 is 0 Å². The van der Waals surface area contributed by atoms with Crippen molar-refractivity contribution in [2.75, 3.05) is 6.54 Å². The lowest BCUT2D eigenvalue weighted by Crippen LogP contribution is -2.25. The summed E-state index contributed by atoms with van der Waals surface area (Å²) < 4.78 is 0. The standard InChI is InChI=1S/C17H29N/c1-13(2)17-8-6-16(7-9-17)12-15(5)10-11-18-14(3)4/h6-9,13-15,18H,10-12H2,1-5H3. The molecule has 18 heavy (non-hydrogen) atoms. The zero-order chi connectivity index (χ0) is 13.5. The van der Waals surface area contributed by atoms with Crippen LogP contribution in [0, 0.1) is 5.92 Å². The van der Waals surface area contributed by atoms with Crippen molar-refractivity contribution in [3.63, 3.8) is 0 Å². The van der Waals surface area contributed by atoms with Crippen molar-refractivity contribution in [3.8, 4) is 0 Å². The Balaban J connectivity index is 2.37. The summed E-state index contributed by atoms with van der Waals surface area (Å²) >= 11 is 0. The molecule has 0 spiro atoms. The first-order chi connectivity index (χ1) is 8.49. The molecule has 0 aliphatic heterocycles. The first-order valence-corrected chi connectivity index (χ1v) is 7.31. The molecule has 0 bridgehead atoms. The Morgan fingerprint density at radius 1 is 0.944 bits per heavy atom. The monoisotopic (exact) mass is 247 g/mol. The first kappa shape index (κ1) is 15.2.